The molecule has 1 aromatic rings. The van der Waals surface area contributed by atoms with Gasteiger partial charge in [-0.25, -0.2) is 4.98 Å². The molecule has 0 N–H and O–H groups in total. The Morgan fingerprint density at radius 3 is 2.76 bits per heavy atom. The zero-order valence-electron chi connectivity index (χ0n) is 8.92. The molecular formula is C9H10F3IN2O2. The number of hydrogen-bond donors (Lipinski definition) is 0. The second kappa shape index (κ2) is 5.80. The molecule has 0 atom stereocenters. The van der Waals surface area contributed by atoms with Gasteiger partial charge in [0.15, 0.2) is 0 Å². The van der Waals surface area contributed by atoms with Crippen LogP contribution in [0.5, 0.6) is 0 Å². The van der Waals surface area contributed by atoms with E-state index in [-0.39, 0.29) is 18.7 Å². The van der Waals surface area contributed by atoms with Crippen LogP contribution in [0.15, 0.2) is 11.1 Å². The molecule has 1 rings (SSSR count). The third kappa shape index (κ3) is 4.62. The van der Waals surface area contributed by atoms with Crippen LogP contribution in [0.4, 0.5) is 13.2 Å². The third-order valence-electron chi connectivity index (χ3n) is 1.90. The number of aryl methyl sites for hydroxylation is 1. The van der Waals surface area contributed by atoms with E-state index >= 15 is 0 Å². The van der Waals surface area contributed by atoms with Crippen LogP contribution in [0, 0.1) is 10.5 Å². The lowest BCUT2D eigenvalue weighted by molar-refractivity contribution is -0.174. The highest BCUT2D eigenvalue weighted by Gasteiger charge is 2.27. The third-order valence-corrected chi connectivity index (χ3v) is 3.14. The van der Waals surface area contributed by atoms with Crippen molar-refractivity contribution in [3.8, 4) is 0 Å². The van der Waals surface area contributed by atoms with Gasteiger partial charge < -0.3 is 4.74 Å². The van der Waals surface area contributed by atoms with E-state index in [9.17, 15) is 18.0 Å². The van der Waals surface area contributed by atoms with E-state index in [1.165, 1.54) is 10.9 Å². The van der Waals surface area contributed by atoms with Gasteiger partial charge in [-0.1, -0.05) is 0 Å². The topological polar surface area (TPSA) is 44.1 Å². The van der Waals surface area contributed by atoms with E-state index in [2.05, 4.69) is 9.72 Å². The molecule has 1 aromatic heterocycles. The Hall–Kier alpha value is -0.640. The summed E-state index contributed by atoms with van der Waals surface area (Å²) in [5.41, 5.74) is 0.330. The summed E-state index contributed by atoms with van der Waals surface area (Å²) in [4.78, 5) is 15.6. The van der Waals surface area contributed by atoms with Crippen molar-refractivity contribution >= 4 is 22.6 Å². The fourth-order valence-electron chi connectivity index (χ4n) is 1.06. The van der Waals surface area contributed by atoms with Crippen molar-refractivity contribution in [2.75, 3.05) is 13.2 Å². The van der Waals surface area contributed by atoms with Gasteiger partial charge in [0.2, 0.25) is 0 Å². The van der Waals surface area contributed by atoms with Crippen molar-refractivity contribution in [2.45, 2.75) is 19.6 Å². The molecule has 96 valence electrons. The summed E-state index contributed by atoms with van der Waals surface area (Å²) >= 11 is 1.85. The van der Waals surface area contributed by atoms with Gasteiger partial charge in [0.05, 0.1) is 28.7 Å². The minimum absolute atomic E-state index is 0.0538. The molecule has 0 fully saturated rings. The van der Waals surface area contributed by atoms with E-state index in [1.54, 1.807) is 6.92 Å². The summed E-state index contributed by atoms with van der Waals surface area (Å²) in [5, 5.41) is 0. The lowest BCUT2D eigenvalue weighted by Crippen LogP contribution is -2.27. The van der Waals surface area contributed by atoms with Crippen molar-refractivity contribution < 1.29 is 17.9 Å². The first kappa shape index (κ1) is 14.4. The summed E-state index contributed by atoms with van der Waals surface area (Å²) in [5.74, 6) is 0. The molecule has 0 saturated carbocycles. The molecular weight excluding hydrogens is 352 g/mol. The van der Waals surface area contributed by atoms with E-state index in [0.717, 1.165) is 0 Å². The first-order valence-electron chi connectivity index (χ1n) is 4.67. The Kier molecular flexibility index (Phi) is 4.92. The van der Waals surface area contributed by atoms with Crippen LogP contribution in [-0.4, -0.2) is 28.9 Å². The molecule has 8 heteroatoms. The van der Waals surface area contributed by atoms with Crippen LogP contribution in [0.25, 0.3) is 0 Å². The molecule has 0 aliphatic carbocycles. The first-order chi connectivity index (χ1) is 7.81. The quantitative estimate of drug-likeness (QED) is 0.606. The number of ether oxygens (including phenoxy) is 1. The number of alkyl halides is 3. The van der Waals surface area contributed by atoms with Crippen molar-refractivity contribution in [3.05, 3.63) is 25.9 Å². The van der Waals surface area contributed by atoms with E-state index < -0.39 is 12.8 Å². The lowest BCUT2D eigenvalue weighted by atomic mass is 10.4. The zero-order valence-corrected chi connectivity index (χ0v) is 11.1. The highest BCUT2D eigenvalue weighted by molar-refractivity contribution is 14.1. The Morgan fingerprint density at radius 1 is 1.53 bits per heavy atom. The maximum Gasteiger partial charge on any atom is 0.411 e. The molecule has 17 heavy (non-hydrogen) atoms. The second-order valence-corrected chi connectivity index (χ2v) is 4.39. The SMILES string of the molecule is Cc1ncn(CCOCC(F)(F)F)c(=O)c1I. The van der Waals surface area contributed by atoms with Gasteiger partial charge in [-0.2, -0.15) is 13.2 Å². The predicted molar refractivity (Wildman–Crippen MR) is 62.8 cm³/mol. The van der Waals surface area contributed by atoms with Crippen molar-refractivity contribution in [1.29, 1.82) is 0 Å². The smallest absolute Gasteiger partial charge is 0.370 e. The first-order valence-corrected chi connectivity index (χ1v) is 5.75. The van der Waals surface area contributed by atoms with E-state index in [0.29, 0.717) is 9.26 Å². The van der Waals surface area contributed by atoms with Gasteiger partial charge in [-0.05, 0) is 29.5 Å². The predicted octanol–water partition coefficient (Wildman–Crippen LogP) is 1.74. The van der Waals surface area contributed by atoms with Crippen LogP contribution in [0.3, 0.4) is 0 Å². The largest absolute Gasteiger partial charge is 0.411 e. The van der Waals surface area contributed by atoms with Crippen molar-refractivity contribution in [2.24, 2.45) is 0 Å². The molecule has 1 heterocycles. The summed E-state index contributed by atoms with van der Waals surface area (Å²) in [6.45, 7) is 0.254. The van der Waals surface area contributed by atoms with Gasteiger partial charge in [-0.15, -0.1) is 0 Å². The van der Waals surface area contributed by atoms with Gasteiger partial charge in [0.1, 0.15) is 6.61 Å². The fourth-order valence-corrected chi connectivity index (χ4v) is 1.51. The molecule has 0 spiro atoms. The number of nitrogens with zero attached hydrogens (tertiary/aromatic N) is 2. The lowest BCUT2D eigenvalue weighted by Gasteiger charge is -2.09. The van der Waals surface area contributed by atoms with Crippen LogP contribution >= 0.6 is 22.6 Å². The number of halogens is 4. The molecule has 0 bridgehead atoms. The minimum atomic E-state index is -4.34. The Morgan fingerprint density at radius 2 is 2.18 bits per heavy atom. The van der Waals surface area contributed by atoms with Crippen LogP contribution in [0.2, 0.25) is 0 Å². The number of hydrogen-bond acceptors (Lipinski definition) is 3. The molecule has 0 saturated heterocycles. The molecule has 0 aromatic carbocycles. The van der Waals surface area contributed by atoms with Crippen molar-refractivity contribution in [3.63, 3.8) is 0 Å². The molecule has 0 aliphatic heterocycles. The summed E-state index contributed by atoms with van der Waals surface area (Å²) in [6, 6.07) is 0. The molecule has 4 nitrogen and oxygen atoms in total. The van der Waals surface area contributed by atoms with Crippen LogP contribution in [0.1, 0.15) is 5.69 Å². The molecule has 0 unspecified atom stereocenters. The average molecular weight is 362 g/mol. The summed E-state index contributed by atoms with van der Waals surface area (Å²) in [6.07, 6.45) is -3.04. The molecule has 0 radical (unpaired) electrons. The number of rotatable bonds is 4. The Labute approximate surface area is 109 Å². The van der Waals surface area contributed by atoms with Gasteiger partial charge in [-0.3, -0.25) is 9.36 Å². The highest BCUT2D eigenvalue weighted by atomic mass is 127. The average Bonchev–Trinajstić information content (AvgIpc) is 2.22. The normalized spacial score (nSPS) is 11.8. The summed E-state index contributed by atoms with van der Waals surface area (Å²) in [7, 11) is 0. The van der Waals surface area contributed by atoms with Gasteiger partial charge in [0, 0.05) is 0 Å². The maximum atomic E-state index is 11.8. The minimum Gasteiger partial charge on any atom is -0.370 e. The Bertz CT molecular complexity index is 445. The van der Waals surface area contributed by atoms with Gasteiger partial charge in [0.25, 0.3) is 5.56 Å². The maximum absolute atomic E-state index is 11.8. The van der Waals surface area contributed by atoms with Gasteiger partial charge >= 0.3 is 6.18 Å². The van der Waals surface area contributed by atoms with Crippen LogP contribution < -0.4 is 5.56 Å². The summed E-state index contributed by atoms with van der Waals surface area (Å²) < 4.78 is 41.4. The molecule has 0 aliphatic rings. The monoisotopic (exact) mass is 362 g/mol. The van der Waals surface area contributed by atoms with Crippen molar-refractivity contribution in [1.82, 2.24) is 9.55 Å². The zero-order chi connectivity index (χ0) is 13.1. The highest BCUT2D eigenvalue weighted by Crippen LogP contribution is 2.14. The van der Waals surface area contributed by atoms with E-state index in [1.807, 2.05) is 22.6 Å². The Balaban J connectivity index is 2.54. The fraction of sp³-hybridized carbons (Fsp3) is 0.556. The molecule has 0 amide bonds. The van der Waals surface area contributed by atoms with Crippen LogP contribution in [-0.2, 0) is 11.3 Å². The van der Waals surface area contributed by atoms with E-state index in [4.69, 9.17) is 0 Å². The standard InChI is InChI=1S/C9H10F3IN2O2/c1-6-7(13)8(16)15(5-14-6)2-3-17-4-9(10,11)12/h5H,2-4H2,1H3. The number of aromatic nitrogens is 2. The second-order valence-electron chi connectivity index (χ2n) is 3.31.